The highest BCUT2D eigenvalue weighted by molar-refractivity contribution is 5.89. The van der Waals surface area contributed by atoms with Crippen molar-refractivity contribution in [3.63, 3.8) is 0 Å². The van der Waals surface area contributed by atoms with Crippen LogP contribution in [0.1, 0.15) is 32.1 Å². The van der Waals surface area contributed by atoms with Gasteiger partial charge in [-0.25, -0.2) is 13.6 Å². The summed E-state index contributed by atoms with van der Waals surface area (Å²) < 4.78 is 28.3. The summed E-state index contributed by atoms with van der Waals surface area (Å²) in [5.41, 5.74) is -0.814. The molecule has 5 nitrogen and oxygen atoms in total. The normalized spacial score (nSPS) is 19.3. The molecule has 1 aliphatic heterocycles. The third-order valence-corrected chi connectivity index (χ3v) is 4.56. The predicted octanol–water partition coefficient (Wildman–Crippen LogP) is 2.60. The molecule has 2 amide bonds. The van der Waals surface area contributed by atoms with E-state index >= 15 is 0 Å². The van der Waals surface area contributed by atoms with Gasteiger partial charge in [-0.3, -0.25) is 0 Å². The number of anilines is 2. The average molecular weight is 325 g/mol. The van der Waals surface area contributed by atoms with Crippen LogP contribution in [0.15, 0.2) is 12.1 Å². The first-order chi connectivity index (χ1) is 11.0. The molecule has 0 spiro atoms. The Kier molecular flexibility index (Phi) is 4.39. The molecule has 126 valence electrons. The molecular weight excluding hydrogens is 304 g/mol. The van der Waals surface area contributed by atoms with Crippen LogP contribution in [0, 0.1) is 11.6 Å². The maximum absolute atomic E-state index is 14.2. The molecule has 3 N–H and O–H groups in total. The first-order valence-electron chi connectivity index (χ1n) is 7.98. The van der Waals surface area contributed by atoms with Gasteiger partial charge in [-0.1, -0.05) is 0 Å². The van der Waals surface area contributed by atoms with Gasteiger partial charge in [-0.05, 0) is 44.2 Å². The minimum Gasteiger partial charge on any atom is -0.388 e. The molecule has 0 aromatic heterocycles. The lowest BCUT2D eigenvalue weighted by atomic mass is 9.80. The molecule has 1 aliphatic carbocycles. The number of rotatable bonds is 4. The van der Waals surface area contributed by atoms with E-state index < -0.39 is 23.3 Å². The standard InChI is InChI=1S/C16H21F2N3O2/c17-12-8-11(9-13(18)14(12)21-6-1-2-7-21)20-15(22)19-10-16(23)4-3-5-16/h8-9,23H,1-7,10H2,(H2,19,20,22). The van der Waals surface area contributed by atoms with Gasteiger partial charge in [0, 0.05) is 25.3 Å². The summed E-state index contributed by atoms with van der Waals surface area (Å²) in [5.74, 6) is -1.36. The van der Waals surface area contributed by atoms with Crippen LogP contribution in [0.2, 0.25) is 0 Å². The minimum absolute atomic E-state index is 0.0303. The smallest absolute Gasteiger partial charge is 0.319 e. The van der Waals surface area contributed by atoms with Gasteiger partial charge in [-0.2, -0.15) is 0 Å². The van der Waals surface area contributed by atoms with Crippen molar-refractivity contribution in [2.45, 2.75) is 37.7 Å². The summed E-state index contributed by atoms with van der Waals surface area (Å²) in [4.78, 5) is 13.5. The zero-order valence-electron chi connectivity index (χ0n) is 12.9. The van der Waals surface area contributed by atoms with Crippen LogP contribution in [-0.4, -0.2) is 36.4 Å². The van der Waals surface area contributed by atoms with Crippen LogP contribution in [0.3, 0.4) is 0 Å². The van der Waals surface area contributed by atoms with E-state index in [4.69, 9.17) is 0 Å². The molecule has 0 unspecified atom stereocenters. The number of amides is 2. The van der Waals surface area contributed by atoms with Crippen LogP contribution < -0.4 is 15.5 Å². The highest BCUT2D eigenvalue weighted by atomic mass is 19.1. The third kappa shape index (κ3) is 3.55. The Morgan fingerprint density at radius 2 is 1.78 bits per heavy atom. The predicted molar refractivity (Wildman–Crippen MR) is 83.6 cm³/mol. The number of halogens is 2. The van der Waals surface area contributed by atoms with Gasteiger partial charge in [0.2, 0.25) is 0 Å². The lowest BCUT2D eigenvalue weighted by Gasteiger charge is -2.36. The second-order valence-corrected chi connectivity index (χ2v) is 6.37. The van der Waals surface area contributed by atoms with Crippen molar-refractivity contribution in [2.75, 3.05) is 29.9 Å². The molecule has 23 heavy (non-hydrogen) atoms. The monoisotopic (exact) mass is 325 g/mol. The van der Waals surface area contributed by atoms with E-state index in [1.165, 1.54) is 0 Å². The second-order valence-electron chi connectivity index (χ2n) is 6.37. The molecule has 1 aromatic carbocycles. The molecule has 0 bridgehead atoms. The van der Waals surface area contributed by atoms with Crippen molar-refractivity contribution in [2.24, 2.45) is 0 Å². The summed E-state index contributed by atoms with van der Waals surface area (Å²) in [6, 6.07) is 1.65. The Morgan fingerprint density at radius 1 is 1.17 bits per heavy atom. The summed E-state index contributed by atoms with van der Waals surface area (Å²) in [7, 11) is 0. The number of nitrogens with zero attached hydrogens (tertiary/aromatic N) is 1. The first-order valence-corrected chi connectivity index (χ1v) is 7.98. The number of nitrogens with one attached hydrogen (secondary N) is 2. The molecule has 0 atom stereocenters. The van der Waals surface area contributed by atoms with Gasteiger partial charge in [-0.15, -0.1) is 0 Å². The molecule has 2 aliphatic rings. The van der Waals surface area contributed by atoms with Gasteiger partial charge in [0.25, 0.3) is 0 Å². The van der Waals surface area contributed by atoms with Crippen molar-refractivity contribution >= 4 is 17.4 Å². The molecule has 7 heteroatoms. The Morgan fingerprint density at radius 3 is 2.30 bits per heavy atom. The van der Waals surface area contributed by atoms with Gasteiger partial charge in [0.15, 0.2) is 11.6 Å². The van der Waals surface area contributed by atoms with E-state index in [9.17, 15) is 18.7 Å². The number of aliphatic hydroxyl groups is 1. The number of carbonyl (C=O) groups is 1. The van der Waals surface area contributed by atoms with Gasteiger partial charge < -0.3 is 20.6 Å². The van der Waals surface area contributed by atoms with E-state index in [1.54, 1.807) is 4.90 Å². The highest BCUT2D eigenvalue weighted by Crippen LogP contribution is 2.31. The Bertz CT molecular complexity index is 576. The van der Waals surface area contributed by atoms with Crippen LogP contribution in [0.25, 0.3) is 0 Å². The first kappa shape index (κ1) is 16.0. The Hall–Kier alpha value is -1.89. The molecule has 0 radical (unpaired) electrons. The van der Waals surface area contributed by atoms with E-state index in [0.29, 0.717) is 25.9 Å². The van der Waals surface area contributed by atoms with Crippen molar-refractivity contribution in [1.29, 1.82) is 0 Å². The van der Waals surface area contributed by atoms with Crippen molar-refractivity contribution in [1.82, 2.24) is 5.32 Å². The largest absolute Gasteiger partial charge is 0.388 e. The molecule has 1 aromatic rings. The molecule has 1 saturated heterocycles. The van der Waals surface area contributed by atoms with Crippen molar-refractivity contribution < 1.29 is 18.7 Å². The minimum atomic E-state index is -0.840. The molecular formula is C16H21F2N3O2. The lowest BCUT2D eigenvalue weighted by Crippen LogP contribution is -2.48. The second kappa shape index (κ2) is 6.31. The van der Waals surface area contributed by atoms with Crippen molar-refractivity contribution in [3.05, 3.63) is 23.8 Å². The summed E-state index contributed by atoms with van der Waals surface area (Å²) >= 11 is 0. The molecule has 2 fully saturated rings. The SMILES string of the molecule is O=C(NCC1(O)CCC1)Nc1cc(F)c(N2CCCC2)c(F)c1. The average Bonchev–Trinajstić information content (AvgIpc) is 2.96. The fourth-order valence-corrected chi connectivity index (χ4v) is 3.06. The number of carbonyl (C=O) groups excluding carboxylic acids is 1. The lowest BCUT2D eigenvalue weighted by molar-refractivity contribution is -0.0287. The topological polar surface area (TPSA) is 64.6 Å². The Balaban J connectivity index is 1.62. The maximum Gasteiger partial charge on any atom is 0.319 e. The molecule has 3 rings (SSSR count). The fraction of sp³-hybridized carbons (Fsp3) is 0.562. The van der Waals surface area contributed by atoms with Crippen LogP contribution in [-0.2, 0) is 0 Å². The third-order valence-electron chi connectivity index (χ3n) is 4.56. The number of urea groups is 1. The van der Waals surface area contributed by atoms with Crippen molar-refractivity contribution in [3.8, 4) is 0 Å². The molecule has 1 saturated carbocycles. The van der Waals surface area contributed by atoms with Crippen LogP contribution in [0.5, 0.6) is 0 Å². The zero-order chi connectivity index (χ0) is 16.4. The summed E-state index contributed by atoms with van der Waals surface area (Å²) in [5, 5.41) is 14.8. The summed E-state index contributed by atoms with van der Waals surface area (Å²) in [6.45, 7) is 1.41. The number of hydrogen-bond acceptors (Lipinski definition) is 3. The zero-order valence-corrected chi connectivity index (χ0v) is 12.9. The van der Waals surface area contributed by atoms with E-state index in [-0.39, 0.29) is 17.9 Å². The van der Waals surface area contributed by atoms with E-state index in [2.05, 4.69) is 10.6 Å². The maximum atomic E-state index is 14.2. The van der Waals surface area contributed by atoms with Gasteiger partial charge in [0.05, 0.1) is 5.60 Å². The highest BCUT2D eigenvalue weighted by Gasteiger charge is 2.34. The van der Waals surface area contributed by atoms with Crippen LogP contribution in [0.4, 0.5) is 25.0 Å². The summed E-state index contributed by atoms with van der Waals surface area (Å²) in [6.07, 6.45) is 4.09. The van der Waals surface area contributed by atoms with Crippen LogP contribution >= 0.6 is 0 Å². The Labute approximate surface area is 133 Å². The van der Waals surface area contributed by atoms with E-state index in [1.807, 2.05) is 0 Å². The number of benzene rings is 1. The fourth-order valence-electron chi connectivity index (χ4n) is 3.06. The molecule has 1 heterocycles. The van der Waals surface area contributed by atoms with Gasteiger partial charge >= 0.3 is 6.03 Å². The van der Waals surface area contributed by atoms with Gasteiger partial charge in [0.1, 0.15) is 5.69 Å². The number of hydrogen-bond donors (Lipinski definition) is 3. The quantitative estimate of drug-likeness (QED) is 0.797. The van der Waals surface area contributed by atoms with E-state index in [0.717, 1.165) is 31.4 Å².